The van der Waals surface area contributed by atoms with Gasteiger partial charge in [-0.05, 0) is 38.9 Å². The van der Waals surface area contributed by atoms with Gasteiger partial charge in [0.15, 0.2) is 0 Å². The number of carbonyl (C=O) groups excluding carboxylic acids is 2. The SMILES string of the molecule is CNC(C)CNC(=O)C1CCN(C(=O)c2ccc(Cl)s2)CC1.Cl. The van der Waals surface area contributed by atoms with Gasteiger partial charge in [0.25, 0.3) is 5.91 Å². The molecule has 1 aliphatic heterocycles. The molecule has 1 unspecified atom stereocenters. The van der Waals surface area contributed by atoms with Gasteiger partial charge >= 0.3 is 0 Å². The van der Waals surface area contributed by atoms with Crippen LogP contribution in [0.1, 0.15) is 29.4 Å². The number of likely N-dealkylation sites (N-methyl/N-ethyl adjacent to an activating group) is 1. The molecule has 0 radical (unpaired) electrons. The van der Waals surface area contributed by atoms with E-state index in [9.17, 15) is 9.59 Å². The van der Waals surface area contributed by atoms with Crippen molar-refractivity contribution in [1.29, 1.82) is 0 Å². The Labute approximate surface area is 152 Å². The van der Waals surface area contributed by atoms with Crippen molar-refractivity contribution in [2.45, 2.75) is 25.8 Å². The summed E-state index contributed by atoms with van der Waals surface area (Å²) in [4.78, 5) is 26.9. The second-order valence-corrected chi connectivity index (χ2v) is 7.32. The minimum absolute atomic E-state index is 0. The smallest absolute Gasteiger partial charge is 0.263 e. The molecule has 1 saturated heterocycles. The van der Waals surface area contributed by atoms with E-state index in [0.29, 0.717) is 41.7 Å². The molecule has 2 heterocycles. The zero-order chi connectivity index (χ0) is 16.1. The summed E-state index contributed by atoms with van der Waals surface area (Å²) in [5.41, 5.74) is 0. The highest BCUT2D eigenvalue weighted by Crippen LogP contribution is 2.25. The van der Waals surface area contributed by atoms with E-state index in [1.165, 1.54) is 11.3 Å². The molecule has 0 spiro atoms. The number of nitrogens with one attached hydrogen (secondary N) is 2. The van der Waals surface area contributed by atoms with Crippen LogP contribution in [0.15, 0.2) is 12.1 Å². The van der Waals surface area contributed by atoms with Gasteiger partial charge in [0.2, 0.25) is 5.91 Å². The molecule has 5 nitrogen and oxygen atoms in total. The Balaban J connectivity index is 0.00000264. The highest BCUT2D eigenvalue weighted by atomic mass is 35.5. The lowest BCUT2D eigenvalue weighted by Gasteiger charge is -2.31. The van der Waals surface area contributed by atoms with Crippen molar-refractivity contribution in [2.24, 2.45) is 5.92 Å². The average Bonchev–Trinajstić information content (AvgIpc) is 2.98. The number of halogens is 2. The second-order valence-electron chi connectivity index (χ2n) is 5.61. The van der Waals surface area contributed by atoms with Gasteiger partial charge in [0, 0.05) is 31.6 Å². The lowest BCUT2D eigenvalue weighted by molar-refractivity contribution is -0.126. The second kappa shape index (κ2) is 9.47. The summed E-state index contributed by atoms with van der Waals surface area (Å²) in [6.45, 7) is 3.89. The fraction of sp³-hybridized carbons (Fsp3) is 0.600. The monoisotopic (exact) mass is 379 g/mol. The molecule has 2 amide bonds. The van der Waals surface area contributed by atoms with E-state index < -0.39 is 0 Å². The molecule has 23 heavy (non-hydrogen) atoms. The van der Waals surface area contributed by atoms with Gasteiger partial charge in [0.05, 0.1) is 9.21 Å². The molecule has 0 aliphatic carbocycles. The quantitative estimate of drug-likeness (QED) is 0.825. The molecule has 8 heteroatoms. The van der Waals surface area contributed by atoms with Crippen molar-refractivity contribution in [3.63, 3.8) is 0 Å². The van der Waals surface area contributed by atoms with E-state index in [0.717, 1.165) is 0 Å². The predicted molar refractivity (Wildman–Crippen MR) is 96.7 cm³/mol. The van der Waals surface area contributed by atoms with Gasteiger partial charge in [-0.15, -0.1) is 23.7 Å². The highest BCUT2D eigenvalue weighted by molar-refractivity contribution is 7.17. The van der Waals surface area contributed by atoms with E-state index in [1.54, 1.807) is 12.1 Å². The Morgan fingerprint density at radius 2 is 2.04 bits per heavy atom. The van der Waals surface area contributed by atoms with Gasteiger partial charge in [0.1, 0.15) is 0 Å². The molecule has 0 aromatic carbocycles. The molecule has 1 aliphatic rings. The number of thiophene rings is 1. The number of rotatable bonds is 5. The highest BCUT2D eigenvalue weighted by Gasteiger charge is 2.28. The normalized spacial score (nSPS) is 16.6. The number of nitrogens with zero attached hydrogens (tertiary/aromatic N) is 1. The van der Waals surface area contributed by atoms with Gasteiger partial charge in [-0.1, -0.05) is 11.6 Å². The summed E-state index contributed by atoms with van der Waals surface area (Å²) in [5, 5.41) is 6.05. The summed E-state index contributed by atoms with van der Waals surface area (Å²) in [7, 11) is 1.87. The van der Waals surface area contributed by atoms with Crippen LogP contribution in [0.5, 0.6) is 0 Å². The Hall–Kier alpha value is -0.820. The Morgan fingerprint density at radius 3 is 2.57 bits per heavy atom. The van der Waals surface area contributed by atoms with Gasteiger partial charge < -0.3 is 15.5 Å². The Bertz CT molecular complexity index is 531. The summed E-state index contributed by atoms with van der Waals surface area (Å²) >= 11 is 7.17. The van der Waals surface area contributed by atoms with Crippen molar-refractivity contribution >= 4 is 47.2 Å². The third-order valence-corrected chi connectivity index (χ3v) is 5.23. The van der Waals surface area contributed by atoms with Crippen LogP contribution < -0.4 is 10.6 Å². The van der Waals surface area contributed by atoms with Crippen LogP contribution in [0.3, 0.4) is 0 Å². The van der Waals surface area contributed by atoms with Crippen LogP contribution in [-0.2, 0) is 4.79 Å². The number of hydrogen-bond donors (Lipinski definition) is 2. The Morgan fingerprint density at radius 1 is 1.39 bits per heavy atom. The zero-order valence-electron chi connectivity index (χ0n) is 13.3. The van der Waals surface area contributed by atoms with Crippen molar-refractivity contribution in [1.82, 2.24) is 15.5 Å². The van der Waals surface area contributed by atoms with Crippen LogP contribution in [0, 0.1) is 5.92 Å². The summed E-state index contributed by atoms with van der Waals surface area (Å²) in [5.74, 6) is 0.105. The van der Waals surface area contributed by atoms with Crippen molar-refractivity contribution in [3.8, 4) is 0 Å². The van der Waals surface area contributed by atoms with Crippen molar-refractivity contribution in [2.75, 3.05) is 26.7 Å². The van der Waals surface area contributed by atoms with Gasteiger partial charge in [-0.3, -0.25) is 9.59 Å². The van der Waals surface area contributed by atoms with Crippen LogP contribution in [0.2, 0.25) is 4.34 Å². The van der Waals surface area contributed by atoms with Crippen LogP contribution >= 0.6 is 35.3 Å². The zero-order valence-corrected chi connectivity index (χ0v) is 15.7. The summed E-state index contributed by atoms with van der Waals surface area (Å²) in [6, 6.07) is 3.75. The van der Waals surface area contributed by atoms with E-state index in [4.69, 9.17) is 11.6 Å². The molecule has 2 rings (SSSR count). The summed E-state index contributed by atoms with van der Waals surface area (Å²) < 4.78 is 0.622. The minimum Gasteiger partial charge on any atom is -0.354 e. The molecule has 1 atom stereocenters. The molecular formula is C15H23Cl2N3O2S. The number of carbonyl (C=O) groups is 2. The predicted octanol–water partition coefficient (Wildman–Crippen LogP) is 2.40. The average molecular weight is 380 g/mol. The lowest BCUT2D eigenvalue weighted by Crippen LogP contribution is -2.45. The van der Waals surface area contributed by atoms with E-state index in [2.05, 4.69) is 10.6 Å². The number of hydrogen-bond acceptors (Lipinski definition) is 4. The largest absolute Gasteiger partial charge is 0.354 e. The molecular weight excluding hydrogens is 357 g/mol. The molecule has 1 aromatic rings. The first kappa shape index (κ1) is 20.2. The first-order chi connectivity index (χ1) is 10.5. The fourth-order valence-corrected chi connectivity index (χ4v) is 3.44. The van der Waals surface area contributed by atoms with E-state index >= 15 is 0 Å². The van der Waals surface area contributed by atoms with E-state index in [-0.39, 0.29) is 36.2 Å². The number of piperidine rings is 1. The maximum absolute atomic E-state index is 12.3. The van der Waals surface area contributed by atoms with Crippen LogP contribution in [0.25, 0.3) is 0 Å². The van der Waals surface area contributed by atoms with E-state index in [1.807, 2.05) is 18.9 Å². The number of amides is 2. The fourth-order valence-electron chi connectivity index (χ4n) is 2.43. The maximum Gasteiger partial charge on any atom is 0.263 e. The van der Waals surface area contributed by atoms with Gasteiger partial charge in [-0.25, -0.2) is 0 Å². The number of likely N-dealkylation sites (tertiary alicyclic amines) is 1. The standard InChI is InChI=1S/C15H22ClN3O2S.ClH/c1-10(17-2)9-18-14(20)11-5-7-19(8-6-11)15(21)12-3-4-13(16)22-12;/h3-4,10-11,17H,5-9H2,1-2H3,(H,18,20);1H. The van der Waals surface area contributed by atoms with Crippen molar-refractivity contribution in [3.05, 3.63) is 21.3 Å². The first-order valence-corrected chi connectivity index (χ1v) is 8.70. The van der Waals surface area contributed by atoms with Gasteiger partial charge in [-0.2, -0.15) is 0 Å². The van der Waals surface area contributed by atoms with Crippen molar-refractivity contribution < 1.29 is 9.59 Å². The maximum atomic E-state index is 12.3. The lowest BCUT2D eigenvalue weighted by atomic mass is 9.95. The molecule has 0 bridgehead atoms. The minimum atomic E-state index is 0. The summed E-state index contributed by atoms with van der Waals surface area (Å²) in [6.07, 6.45) is 1.43. The topological polar surface area (TPSA) is 61.4 Å². The first-order valence-electron chi connectivity index (χ1n) is 7.51. The molecule has 130 valence electrons. The molecule has 1 fully saturated rings. The molecule has 0 saturated carbocycles. The van der Waals surface area contributed by atoms with Crippen LogP contribution in [0.4, 0.5) is 0 Å². The third kappa shape index (κ3) is 5.64. The molecule has 1 aromatic heterocycles. The Kier molecular flexibility index (Phi) is 8.33. The third-order valence-electron chi connectivity index (χ3n) is 4.01. The van der Waals surface area contributed by atoms with Crippen LogP contribution in [-0.4, -0.2) is 49.4 Å². The molecule has 2 N–H and O–H groups in total.